The Morgan fingerprint density at radius 2 is 1.89 bits per heavy atom. The van der Waals surface area contributed by atoms with Crippen LogP contribution in [0.25, 0.3) is 0 Å². The molecule has 0 radical (unpaired) electrons. The molecule has 1 saturated heterocycles. The van der Waals surface area contributed by atoms with Gasteiger partial charge < -0.3 is 4.90 Å². The molecule has 18 heavy (non-hydrogen) atoms. The molecule has 2 rings (SSSR count). The Kier molecular flexibility index (Phi) is 3.41. The van der Waals surface area contributed by atoms with Crippen molar-refractivity contribution in [1.82, 2.24) is 4.90 Å². The molecule has 0 N–H and O–H groups in total. The first kappa shape index (κ1) is 12.7. The van der Waals surface area contributed by atoms with Crippen LogP contribution in [0.3, 0.4) is 0 Å². The SMILES string of the molecule is CC1CN(C(=O)c2cc(F)cc(F)c2)CCC1=O. The van der Waals surface area contributed by atoms with E-state index in [-0.39, 0.29) is 17.3 Å². The lowest BCUT2D eigenvalue weighted by molar-refractivity contribution is -0.124. The van der Waals surface area contributed by atoms with Crippen molar-refractivity contribution in [1.29, 1.82) is 0 Å². The van der Waals surface area contributed by atoms with Crippen LogP contribution in [0.15, 0.2) is 18.2 Å². The first-order valence-electron chi connectivity index (χ1n) is 5.75. The molecule has 0 aliphatic carbocycles. The van der Waals surface area contributed by atoms with Gasteiger partial charge in [0.05, 0.1) is 0 Å². The molecule has 1 aromatic carbocycles. The van der Waals surface area contributed by atoms with Crippen LogP contribution < -0.4 is 0 Å². The zero-order valence-corrected chi connectivity index (χ0v) is 9.95. The molecule has 1 fully saturated rings. The lowest BCUT2D eigenvalue weighted by Crippen LogP contribution is -2.43. The van der Waals surface area contributed by atoms with Crippen LogP contribution in [0.4, 0.5) is 8.78 Å². The van der Waals surface area contributed by atoms with Crippen LogP contribution >= 0.6 is 0 Å². The summed E-state index contributed by atoms with van der Waals surface area (Å²) in [7, 11) is 0. The number of amides is 1. The van der Waals surface area contributed by atoms with Gasteiger partial charge in [0.1, 0.15) is 17.4 Å². The van der Waals surface area contributed by atoms with E-state index in [0.29, 0.717) is 19.5 Å². The quantitative estimate of drug-likeness (QED) is 0.767. The second-order valence-electron chi connectivity index (χ2n) is 4.53. The predicted octanol–water partition coefficient (Wildman–Crippen LogP) is 2.02. The fraction of sp³-hybridized carbons (Fsp3) is 0.385. The number of Topliss-reactive ketones (excluding diaryl/α,β-unsaturated/α-hetero) is 1. The normalized spacial score (nSPS) is 20.1. The van der Waals surface area contributed by atoms with Crippen LogP contribution in [0.2, 0.25) is 0 Å². The highest BCUT2D eigenvalue weighted by Crippen LogP contribution is 2.17. The average molecular weight is 253 g/mol. The number of hydrogen-bond acceptors (Lipinski definition) is 2. The maximum Gasteiger partial charge on any atom is 0.254 e. The van der Waals surface area contributed by atoms with E-state index in [9.17, 15) is 18.4 Å². The molecule has 0 bridgehead atoms. The zero-order valence-electron chi connectivity index (χ0n) is 9.95. The Hall–Kier alpha value is -1.78. The highest BCUT2D eigenvalue weighted by Gasteiger charge is 2.27. The van der Waals surface area contributed by atoms with Crippen molar-refractivity contribution in [3.8, 4) is 0 Å². The van der Waals surface area contributed by atoms with Crippen molar-refractivity contribution >= 4 is 11.7 Å². The van der Waals surface area contributed by atoms with E-state index < -0.39 is 17.5 Å². The molecule has 5 heteroatoms. The zero-order chi connectivity index (χ0) is 13.3. The summed E-state index contributed by atoms with van der Waals surface area (Å²) in [6.45, 7) is 2.35. The van der Waals surface area contributed by atoms with Crippen LogP contribution in [0, 0.1) is 17.6 Å². The first-order chi connectivity index (χ1) is 8.47. The minimum atomic E-state index is -0.778. The van der Waals surface area contributed by atoms with Gasteiger partial charge in [0.15, 0.2) is 0 Å². The van der Waals surface area contributed by atoms with Gasteiger partial charge >= 0.3 is 0 Å². The summed E-state index contributed by atoms with van der Waals surface area (Å²) in [4.78, 5) is 24.8. The van der Waals surface area contributed by atoms with E-state index in [0.717, 1.165) is 18.2 Å². The van der Waals surface area contributed by atoms with Crippen molar-refractivity contribution in [2.24, 2.45) is 5.92 Å². The van der Waals surface area contributed by atoms with Crippen molar-refractivity contribution < 1.29 is 18.4 Å². The molecule has 1 amide bonds. The lowest BCUT2D eigenvalue weighted by atomic mass is 9.98. The van der Waals surface area contributed by atoms with Crippen LogP contribution in [0.5, 0.6) is 0 Å². The molecule has 1 aromatic rings. The third-order valence-electron chi connectivity index (χ3n) is 3.07. The number of carbonyl (C=O) groups excluding carboxylic acids is 2. The van der Waals surface area contributed by atoms with Gasteiger partial charge in [-0.1, -0.05) is 6.92 Å². The lowest BCUT2D eigenvalue weighted by Gasteiger charge is -2.30. The monoisotopic (exact) mass is 253 g/mol. The van der Waals surface area contributed by atoms with Crippen molar-refractivity contribution in [3.63, 3.8) is 0 Å². The van der Waals surface area contributed by atoms with Gasteiger partial charge in [-0.15, -0.1) is 0 Å². The summed E-state index contributed by atoms with van der Waals surface area (Å²) in [6, 6.07) is 2.73. The second kappa shape index (κ2) is 4.84. The van der Waals surface area contributed by atoms with Gasteiger partial charge in [-0.25, -0.2) is 8.78 Å². The molecule has 1 atom stereocenters. The van der Waals surface area contributed by atoms with Gasteiger partial charge in [-0.05, 0) is 12.1 Å². The molecule has 0 spiro atoms. The van der Waals surface area contributed by atoms with Crippen molar-refractivity contribution in [2.75, 3.05) is 13.1 Å². The standard InChI is InChI=1S/C13H13F2NO2/c1-8-7-16(3-2-12(8)17)13(18)9-4-10(14)6-11(15)5-9/h4-6,8H,2-3,7H2,1H3. The Labute approximate surface area is 103 Å². The first-order valence-corrected chi connectivity index (χ1v) is 5.75. The summed E-state index contributed by atoms with van der Waals surface area (Å²) in [5.74, 6) is -2.10. The number of hydrogen-bond donors (Lipinski definition) is 0. The van der Waals surface area contributed by atoms with Gasteiger partial charge in [0, 0.05) is 37.1 Å². The molecular formula is C13H13F2NO2. The Balaban J connectivity index is 2.18. The van der Waals surface area contributed by atoms with Gasteiger partial charge in [0.2, 0.25) is 0 Å². The Morgan fingerprint density at radius 1 is 1.28 bits per heavy atom. The van der Waals surface area contributed by atoms with E-state index in [2.05, 4.69) is 0 Å². The maximum absolute atomic E-state index is 13.0. The minimum absolute atomic E-state index is 0.0194. The highest BCUT2D eigenvalue weighted by atomic mass is 19.1. The molecule has 0 aromatic heterocycles. The van der Waals surface area contributed by atoms with Gasteiger partial charge in [-0.2, -0.15) is 0 Å². The van der Waals surface area contributed by atoms with Crippen molar-refractivity contribution in [3.05, 3.63) is 35.4 Å². The molecule has 1 aliphatic rings. The smallest absolute Gasteiger partial charge is 0.254 e. The van der Waals surface area contributed by atoms with Crippen LogP contribution in [0.1, 0.15) is 23.7 Å². The molecule has 1 unspecified atom stereocenters. The highest BCUT2D eigenvalue weighted by molar-refractivity contribution is 5.95. The molecule has 3 nitrogen and oxygen atoms in total. The largest absolute Gasteiger partial charge is 0.337 e. The number of halogens is 2. The summed E-state index contributed by atoms with van der Waals surface area (Å²) < 4.78 is 26.1. The van der Waals surface area contributed by atoms with E-state index >= 15 is 0 Å². The Morgan fingerprint density at radius 3 is 2.44 bits per heavy atom. The summed E-state index contributed by atoms with van der Waals surface area (Å²) >= 11 is 0. The summed E-state index contributed by atoms with van der Waals surface area (Å²) in [6.07, 6.45) is 0.296. The molecular weight excluding hydrogens is 240 g/mol. The average Bonchev–Trinajstić information content (AvgIpc) is 2.30. The summed E-state index contributed by atoms with van der Waals surface area (Å²) in [5.41, 5.74) is -0.0194. The number of likely N-dealkylation sites (tertiary alicyclic amines) is 1. The Bertz CT molecular complexity index is 482. The maximum atomic E-state index is 13.0. The molecule has 0 saturated carbocycles. The fourth-order valence-electron chi connectivity index (χ4n) is 2.06. The summed E-state index contributed by atoms with van der Waals surface area (Å²) in [5, 5.41) is 0. The third kappa shape index (κ3) is 2.55. The number of rotatable bonds is 1. The predicted molar refractivity (Wildman–Crippen MR) is 61.0 cm³/mol. The van der Waals surface area contributed by atoms with E-state index in [4.69, 9.17) is 0 Å². The molecule has 1 heterocycles. The van der Waals surface area contributed by atoms with E-state index in [1.54, 1.807) is 6.92 Å². The number of piperidine rings is 1. The third-order valence-corrected chi connectivity index (χ3v) is 3.07. The fourth-order valence-corrected chi connectivity index (χ4v) is 2.06. The van der Waals surface area contributed by atoms with Crippen LogP contribution in [-0.4, -0.2) is 29.7 Å². The van der Waals surface area contributed by atoms with Crippen LogP contribution in [-0.2, 0) is 4.79 Å². The molecule has 96 valence electrons. The minimum Gasteiger partial charge on any atom is -0.337 e. The number of ketones is 1. The second-order valence-corrected chi connectivity index (χ2v) is 4.53. The van der Waals surface area contributed by atoms with E-state index in [1.807, 2.05) is 0 Å². The van der Waals surface area contributed by atoms with Crippen molar-refractivity contribution in [2.45, 2.75) is 13.3 Å². The number of carbonyl (C=O) groups is 2. The van der Waals surface area contributed by atoms with Gasteiger partial charge in [-0.3, -0.25) is 9.59 Å². The topological polar surface area (TPSA) is 37.4 Å². The van der Waals surface area contributed by atoms with E-state index in [1.165, 1.54) is 4.90 Å². The molecule has 1 aliphatic heterocycles. The number of nitrogens with zero attached hydrogens (tertiary/aromatic N) is 1. The number of benzene rings is 1. The van der Waals surface area contributed by atoms with Gasteiger partial charge in [0.25, 0.3) is 5.91 Å².